The Kier molecular flexibility index (Phi) is 5.30. The van der Waals surface area contributed by atoms with Crippen LogP contribution in [0.15, 0.2) is 0 Å². The van der Waals surface area contributed by atoms with Gasteiger partial charge in [-0.25, -0.2) is 0 Å². The van der Waals surface area contributed by atoms with Gasteiger partial charge in [-0.3, -0.25) is 4.90 Å². The molecule has 2 aliphatic rings. The number of likely N-dealkylation sites (tertiary alicyclic amines) is 1. The Labute approximate surface area is 107 Å². The Hall–Kier alpha value is -0.0800. The van der Waals surface area contributed by atoms with Gasteiger partial charge in [0.25, 0.3) is 0 Å². The molecule has 1 saturated heterocycles. The lowest BCUT2D eigenvalue weighted by molar-refractivity contribution is 0.0825. The van der Waals surface area contributed by atoms with E-state index in [0.717, 1.165) is 24.5 Å². The van der Waals surface area contributed by atoms with Crippen LogP contribution in [0.5, 0.6) is 0 Å². The molecule has 2 rings (SSSR count). The maximum Gasteiger partial charge on any atom is 0.0249 e. The van der Waals surface area contributed by atoms with Gasteiger partial charge in [0.1, 0.15) is 0 Å². The molecular formula is C15H30N2. The van der Waals surface area contributed by atoms with Gasteiger partial charge in [0, 0.05) is 12.1 Å². The molecule has 1 saturated carbocycles. The minimum atomic E-state index is 0.770. The maximum atomic E-state index is 3.72. The summed E-state index contributed by atoms with van der Waals surface area (Å²) in [6.07, 6.45) is 9.95. The molecule has 2 atom stereocenters. The molecule has 2 heteroatoms. The first kappa shape index (κ1) is 13.4. The predicted octanol–water partition coefficient (Wildman–Crippen LogP) is 3.03. The Morgan fingerprint density at radius 2 is 1.71 bits per heavy atom. The summed E-state index contributed by atoms with van der Waals surface area (Å²) in [7, 11) is 0. The third-order valence-electron chi connectivity index (χ3n) is 4.89. The highest BCUT2D eigenvalue weighted by molar-refractivity contribution is 4.89. The molecule has 0 aromatic rings. The van der Waals surface area contributed by atoms with Gasteiger partial charge >= 0.3 is 0 Å². The molecule has 1 N–H and O–H groups in total. The zero-order valence-electron chi connectivity index (χ0n) is 11.8. The lowest BCUT2D eigenvalue weighted by Crippen LogP contribution is -2.53. The Morgan fingerprint density at radius 3 is 2.35 bits per heavy atom. The van der Waals surface area contributed by atoms with Crippen molar-refractivity contribution in [3.05, 3.63) is 0 Å². The minimum Gasteiger partial charge on any atom is -0.313 e. The van der Waals surface area contributed by atoms with Crippen LogP contribution in [-0.2, 0) is 0 Å². The molecule has 100 valence electrons. The van der Waals surface area contributed by atoms with Crippen LogP contribution < -0.4 is 5.32 Å². The zero-order chi connectivity index (χ0) is 12.1. The van der Waals surface area contributed by atoms with Gasteiger partial charge in [-0.2, -0.15) is 0 Å². The van der Waals surface area contributed by atoms with E-state index in [0.29, 0.717) is 0 Å². The average molecular weight is 238 g/mol. The monoisotopic (exact) mass is 238 g/mol. The highest BCUT2D eigenvalue weighted by Gasteiger charge is 2.31. The van der Waals surface area contributed by atoms with E-state index in [2.05, 4.69) is 24.1 Å². The van der Waals surface area contributed by atoms with Crippen LogP contribution in [0.1, 0.15) is 58.8 Å². The van der Waals surface area contributed by atoms with Crippen LogP contribution in [0.25, 0.3) is 0 Å². The number of nitrogens with zero attached hydrogens (tertiary/aromatic N) is 1. The second kappa shape index (κ2) is 6.75. The van der Waals surface area contributed by atoms with E-state index in [1.165, 1.54) is 58.0 Å². The van der Waals surface area contributed by atoms with Crippen molar-refractivity contribution in [2.45, 2.75) is 70.9 Å². The molecule has 1 aliphatic heterocycles. The number of rotatable bonds is 4. The fourth-order valence-electron chi connectivity index (χ4n) is 3.74. The maximum absolute atomic E-state index is 3.72. The third-order valence-corrected chi connectivity index (χ3v) is 4.89. The van der Waals surface area contributed by atoms with Crippen LogP contribution in [0, 0.1) is 5.92 Å². The van der Waals surface area contributed by atoms with Gasteiger partial charge in [-0.05, 0) is 51.2 Å². The van der Waals surface area contributed by atoms with Crippen molar-refractivity contribution >= 4 is 0 Å². The van der Waals surface area contributed by atoms with Crippen molar-refractivity contribution in [3.63, 3.8) is 0 Å². The fraction of sp³-hybridized carbons (Fsp3) is 1.00. The van der Waals surface area contributed by atoms with E-state index in [9.17, 15) is 0 Å². The van der Waals surface area contributed by atoms with Gasteiger partial charge in [0.05, 0.1) is 0 Å². The van der Waals surface area contributed by atoms with Crippen molar-refractivity contribution in [3.8, 4) is 0 Å². The third kappa shape index (κ3) is 3.45. The molecule has 0 aromatic carbocycles. The van der Waals surface area contributed by atoms with Gasteiger partial charge in [0.2, 0.25) is 0 Å². The van der Waals surface area contributed by atoms with E-state index < -0.39 is 0 Å². The fourth-order valence-corrected chi connectivity index (χ4v) is 3.74. The van der Waals surface area contributed by atoms with E-state index in [1.807, 2.05) is 0 Å². The molecule has 1 aliphatic carbocycles. The summed E-state index contributed by atoms with van der Waals surface area (Å²) in [5.41, 5.74) is 0. The molecule has 0 aromatic heterocycles. The Balaban J connectivity index is 1.86. The molecular weight excluding hydrogens is 208 g/mol. The molecule has 0 amide bonds. The molecule has 17 heavy (non-hydrogen) atoms. The zero-order valence-corrected chi connectivity index (χ0v) is 11.8. The van der Waals surface area contributed by atoms with Crippen LogP contribution in [0.4, 0.5) is 0 Å². The summed E-state index contributed by atoms with van der Waals surface area (Å²) in [5, 5.41) is 3.72. The van der Waals surface area contributed by atoms with E-state index in [4.69, 9.17) is 0 Å². The standard InChI is InChI=1S/C15H30N2/c1-3-13-9-11-17(12-10-13)15-8-6-5-7-14(15)16-4-2/h13-16H,3-12H2,1-2H3. The largest absolute Gasteiger partial charge is 0.313 e. The highest BCUT2D eigenvalue weighted by Crippen LogP contribution is 2.28. The summed E-state index contributed by atoms with van der Waals surface area (Å²) in [6.45, 7) is 8.43. The first-order valence-corrected chi connectivity index (χ1v) is 7.82. The van der Waals surface area contributed by atoms with Crippen LogP contribution in [0.3, 0.4) is 0 Å². The summed E-state index contributed by atoms with van der Waals surface area (Å²) in [4.78, 5) is 2.79. The first-order chi connectivity index (χ1) is 8.35. The number of likely N-dealkylation sites (N-methyl/N-ethyl adjacent to an activating group) is 1. The quantitative estimate of drug-likeness (QED) is 0.810. The van der Waals surface area contributed by atoms with E-state index in [1.54, 1.807) is 0 Å². The first-order valence-electron chi connectivity index (χ1n) is 7.82. The van der Waals surface area contributed by atoms with Crippen LogP contribution >= 0.6 is 0 Å². The van der Waals surface area contributed by atoms with Gasteiger partial charge in [-0.15, -0.1) is 0 Å². The summed E-state index contributed by atoms with van der Waals surface area (Å²) < 4.78 is 0. The molecule has 2 unspecified atom stereocenters. The molecule has 2 nitrogen and oxygen atoms in total. The van der Waals surface area contributed by atoms with Gasteiger partial charge in [-0.1, -0.05) is 33.1 Å². The second-order valence-corrected chi connectivity index (χ2v) is 5.90. The molecule has 0 bridgehead atoms. The topological polar surface area (TPSA) is 15.3 Å². The summed E-state index contributed by atoms with van der Waals surface area (Å²) >= 11 is 0. The van der Waals surface area contributed by atoms with E-state index in [-0.39, 0.29) is 0 Å². The Bertz CT molecular complexity index is 207. The molecule has 0 radical (unpaired) electrons. The normalized spacial score (nSPS) is 32.8. The van der Waals surface area contributed by atoms with Crippen LogP contribution in [0.2, 0.25) is 0 Å². The summed E-state index contributed by atoms with van der Waals surface area (Å²) in [6, 6.07) is 1.61. The number of piperidine rings is 1. The van der Waals surface area contributed by atoms with Crippen molar-refractivity contribution < 1.29 is 0 Å². The lowest BCUT2D eigenvalue weighted by atomic mass is 9.86. The number of hydrogen-bond donors (Lipinski definition) is 1. The van der Waals surface area contributed by atoms with Gasteiger partial charge < -0.3 is 5.32 Å². The summed E-state index contributed by atoms with van der Waals surface area (Å²) in [5.74, 6) is 1.01. The smallest absolute Gasteiger partial charge is 0.0249 e. The van der Waals surface area contributed by atoms with Crippen molar-refractivity contribution in [2.75, 3.05) is 19.6 Å². The molecule has 1 heterocycles. The van der Waals surface area contributed by atoms with Crippen LogP contribution in [-0.4, -0.2) is 36.6 Å². The molecule has 2 fully saturated rings. The minimum absolute atomic E-state index is 0.770. The number of hydrogen-bond acceptors (Lipinski definition) is 2. The lowest BCUT2D eigenvalue weighted by Gasteiger charge is -2.43. The highest BCUT2D eigenvalue weighted by atomic mass is 15.2. The molecule has 0 spiro atoms. The SMILES string of the molecule is CCNC1CCCCC1N1CCC(CC)CC1. The van der Waals surface area contributed by atoms with Crippen molar-refractivity contribution in [1.82, 2.24) is 10.2 Å². The van der Waals surface area contributed by atoms with Gasteiger partial charge in [0.15, 0.2) is 0 Å². The van der Waals surface area contributed by atoms with Crippen molar-refractivity contribution in [1.29, 1.82) is 0 Å². The Morgan fingerprint density at radius 1 is 1.00 bits per heavy atom. The second-order valence-electron chi connectivity index (χ2n) is 5.90. The number of nitrogens with one attached hydrogen (secondary N) is 1. The van der Waals surface area contributed by atoms with E-state index >= 15 is 0 Å². The predicted molar refractivity (Wildman–Crippen MR) is 74.3 cm³/mol. The average Bonchev–Trinajstić information content (AvgIpc) is 2.40. The van der Waals surface area contributed by atoms with Crippen molar-refractivity contribution in [2.24, 2.45) is 5.92 Å².